The highest BCUT2D eigenvalue weighted by Gasteiger charge is 2.39. The number of thiazole rings is 1. The summed E-state index contributed by atoms with van der Waals surface area (Å²) < 4.78 is 5.25. The fraction of sp³-hybridized carbons (Fsp3) is 0.667. The van der Waals surface area contributed by atoms with Gasteiger partial charge in [0.1, 0.15) is 5.01 Å². The number of hydrogen-bond acceptors (Lipinski definition) is 5. The van der Waals surface area contributed by atoms with Gasteiger partial charge in [-0.05, 0) is 26.7 Å². The van der Waals surface area contributed by atoms with Crippen LogP contribution in [-0.2, 0) is 15.1 Å². The minimum atomic E-state index is -0.813. The Morgan fingerprint density at radius 2 is 2.22 bits per heavy atom. The number of rotatable bonds is 3. The van der Waals surface area contributed by atoms with E-state index in [2.05, 4.69) is 10.3 Å². The van der Waals surface area contributed by atoms with E-state index in [0.717, 1.165) is 5.01 Å². The van der Waals surface area contributed by atoms with E-state index in [-0.39, 0.29) is 5.91 Å². The largest absolute Gasteiger partial charge is 0.381 e. The van der Waals surface area contributed by atoms with Crippen molar-refractivity contribution in [3.63, 3.8) is 0 Å². The second kappa shape index (κ2) is 4.95. The molecule has 0 spiro atoms. The van der Waals surface area contributed by atoms with Gasteiger partial charge in [-0.1, -0.05) is 0 Å². The lowest BCUT2D eigenvalue weighted by atomic mass is 9.89. The lowest BCUT2D eigenvalue weighted by Crippen LogP contribution is -2.60. The number of aromatic nitrogens is 1. The zero-order chi connectivity index (χ0) is 13.2. The lowest BCUT2D eigenvalue weighted by Gasteiger charge is -2.35. The molecule has 5 nitrogen and oxygen atoms in total. The average Bonchev–Trinajstić information content (AvgIpc) is 2.83. The van der Waals surface area contributed by atoms with Crippen LogP contribution in [0.4, 0.5) is 0 Å². The standard InChI is InChI=1S/C12H19N3O2S/c1-11(2,10-14-5-8-18-10)15-9(16)12(13)3-6-17-7-4-12/h5,8H,3-4,6-7,13H2,1-2H3,(H,15,16). The second-order valence-corrected chi connectivity index (χ2v) is 6.08. The van der Waals surface area contributed by atoms with Gasteiger partial charge in [-0.2, -0.15) is 0 Å². The van der Waals surface area contributed by atoms with E-state index >= 15 is 0 Å². The number of amides is 1. The summed E-state index contributed by atoms with van der Waals surface area (Å²) in [5.41, 5.74) is 4.85. The van der Waals surface area contributed by atoms with E-state index in [0.29, 0.717) is 26.1 Å². The Bertz CT molecular complexity index is 411. The molecule has 100 valence electrons. The van der Waals surface area contributed by atoms with Crippen molar-refractivity contribution in [2.24, 2.45) is 5.73 Å². The molecule has 2 rings (SSSR count). The first kappa shape index (κ1) is 13.5. The second-order valence-electron chi connectivity index (χ2n) is 5.18. The van der Waals surface area contributed by atoms with Crippen LogP contribution in [0.1, 0.15) is 31.7 Å². The molecule has 0 saturated carbocycles. The molecule has 0 aliphatic carbocycles. The molecule has 18 heavy (non-hydrogen) atoms. The van der Waals surface area contributed by atoms with Gasteiger partial charge < -0.3 is 15.8 Å². The first-order valence-corrected chi connectivity index (χ1v) is 6.91. The van der Waals surface area contributed by atoms with Crippen molar-refractivity contribution in [1.82, 2.24) is 10.3 Å². The molecular formula is C12H19N3O2S. The van der Waals surface area contributed by atoms with Crippen molar-refractivity contribution < 1.29 is 9.53 Å². The van der Waals surface area contributed by atoms with Gasteiger partial charge in [-0.15, -0.1) is 11.3 Å². The Morgan fingerprint density at radius 3 is 2.78 bits per heavy atom. The molecule has 1 saturated heterocycles. The molecular weight excluding hydrogens is 250 g/mol. The smallest absolute Gasteiger partial charge is 0.241 e. The zero-order valence-corrected chi connectivity index (χ0v) is 11.5. The summed E-state index contributed by atoms with van der Waals surface area (Å²) in [5, 5.41) is 5.78. The van der Waals surface area contributed by atoms with Crippen molar-refractivity contribution in [3.8, 4) is 0 Å². The lowest BCUT2D eigenvalue weighted by molar-refractivity contribution is -0.131. The number of nitrogens with two attached hydrogens (primary N) is 1. The van der Waals surface area contributed by atoms with Gasteiger partial charge in [-0.25, -0.2) is 4.98 Å². The normalized spacial score (nSPS) is 19.5. The van der Waals surface area contributed by atoms with Crippen molar-refractivity contribution in [3.05, 3.63) is 16.6 Å². The maximum atomic E-state index is 12.3. The van der Waals surface area contributed by atoms with Gasteiger partial charge in [-0.3, -0.25) is 4.79 Å². The molecule has 0 bridgehead atoms. The summed E-state index contributed by atoms with van der Waals surface area (Å²) in [7, 11) is 0. The van der Waals surface area contributed by atoms with E-state index < -0.39 is 11.1 Å². The van der Waals surface area contributed by atoms with Crippen LogP contribution >= 0.6 is 11.3 Å². The summed E-state index contributed by atoms with van der Waals surface area (Å²) in [4.78, 5) is 16.6. The van der Waals surface area contributed by atoms with Gasteiger partial charge >= 0.3 is 0 Å². The number of hydrogen-bond donors (Lipinski definition) is 2. The van der Waals surface area contributed by atoms with Crippen LogP contribution in [0.15, 0.2) is 11.6 Å². The molecule has 6 heteroatoms. The monoisotopic (exact) mass is 269 g/mol. The molecule has 2 heterocycles. The van der Waals surface area contributed by atoms with E-state index in [1.807, 2.05) is 19.2 Å². The first-order chi connectivity index (χ1) is 8.44. The summed E-state index contributed by atoms with van der Waals surface area (Å²) in [5.74, 6) is -0.119. The highest BCUT2D eigenvalue weighted by molar-refractivity contribution is 7.09. The molecule has 1 aliphatic rings. The fourth-order valence-electron chi connectivity index (χ4n) is 1.96. The third-order valence-corrected chi connectivity index (χ3v) is 4.33. The molecule has 1 fully saturated rings. The Morgan fingerprint density at radius 1 is 1.56 bits per heavy atom. The van der Waals surface area contributed by atoms with E-state index in [4.69, 9.17) is 10.5 Å². The molecule has 1 aromatic rings. The van der Waals surface area contributed by atoms with Crippen LogP contribution < -0.4 is 11.1 Å². The highest BCUT2D eigenvalue weighted by atomic mass is 32.1. The van der Waals surface area contributed by atoms with Crippen molar-refractivity contribution in [2.75, 3.05) is 13.2 Å². The Kier molecular flexibility index (Phi) is 3.70. The highest BCUT2D eigenvalue weighted by Crippen LogP contribution is 2.25. The van der Waals surface area contributed by atoms with Crippen LogP contribution in [-0.4, -0.2) is 29.6 Å². The number of nitrogens with zero attached hydrogens (tertiary/aromatic N) is 1. The topological polar surface area (TPSA) is 77.2 Å². The number of nitrogens with one attached hydrogen (secondary N) is 1. The quantitative estimate of drug-likeness (QED) is 0.858. The number of carbonyl (C=O) groups is 1. The zero-order valence-electron chi connectivity index (χ0n) is 10.7. The molecule has 1 aromatic heterocycles. The summed E-state index contributed by atoms with van der Waals surface area (Å²) in [6.45, 7) is 4.96. The molecule has 3 N–H and O–H groups in total. The van der Waals surface area contributed by atoms with Gasteiger partial charge in [0.25, 0.3) is 0 Å². The van der Waals surface area contributed by atoms with Gasteiger partial charge in [0.05, 0.1) is 11.1 Å². The Labute approximate surface area is 111 Å². The van der Waals surface area contributed by atoms with Crippen LogP contribution in [0.3, 0.4) is 0 Å². The molecule has 1 amide bonds. The van der Waals surface area contributed by atoms with Crippen molar-refractivity contribution >= 4 is 17.2 Å². The molecule has 0 aromatic carbocycles. The minimum absolute atomic E-state index is 0.119. The minimum Gasteiger partial charge on any atom is -0.381 e. The first-order valence-electron chi connectivity index (χ1n) is 6.03. The fourth-order valence-corrected chi connectivity index (χ4v) is 2.67. The predicted molar refractivity (Wildman–Crippen MR) is 70.3 cm³/mol. The van der Waals surface area contributed by atoms with Gasteiger partial charge in [0, 0.05) is 24.8 Å². The maximum absolute atomic E-state index is 12.3. The van der Waals surface area contributed by atoms with Crippen molar-refractivity contribution in [2.45, 2.75) is 37.8 Å². The molecule has 0 atom stereocenters. The molecule has 1 aliphatic heterocycles. The molecule has 0 unspecified atom stereocenters. The molecule has 0 radical (unpaired) electrons. The van der Waals surface area contributed by atoms with Crippen LogP contribution in [0.5, 0.6) is 0 Å². The average molecular weight is 269 g/mol. The third kappa shape index (κ3) is 2.71. The van der Waals surface area contributed by atoms with E-state index in [1.54, 1.807) is 6.20 Å². The van der Waals surface area contributed by atoms with E-state index in [1.165, 1.54) is 11.3 Å². The van der Waals surface area contributed by atoms with Crippen LogP contribution in [0.2, 0.25) is 0 Å². The summed E-state index contributed by atoms with van der Waals surface area (Å²) in [6, 6.07) is 0. The SMILES string of the molecule is CC(C)(NC(=O)C1(N)CCOCC1)c1nccs1. The van der Waals surface area contributed by atoms with E-state index in [9.17, 15) is 4.79 Å². The third-order valence-electron chi connectivity index (χ3n) is 3.23. The van der Waals surface area contributed by atoms with Crippen molar-refractivity contribution in [1.29, 1.82) is 0 Å². The Balaban J connectivity index is 2.06. The Hall–Kier alpha value is -0.980. The van der Waals surface area contributed by atoms with Gasteiger partial charge in [0.2, 0.25) is 5.91 Å². The number of ether oxygens (including phenoxy) is 1. The van der Waals surface area contributed by atoms with Crippen LogP contribution in [0, 0.1) is 0 Å². The van der Waals surface area contributed by atoms with Crippen LogP contribution in [0.25, 0.3) is 0 Å². The number of carbonyl (C=O) groups excluding carboxylic acids is 1. The summed E-state index contributed by atoms with van der Waals surface area (Å²) >= 11 is 1.53. The maximum Gasteiger partial charge on any atom is 0.241 e. The van der Waals surface area contributed by atoms with Gasteiger partial charge in [0.15, 0.2) is 0 Å². The predicted octanol–water partition coefficient (Wildman–Crippen LogP) is 1.00. The summed E-state index contributed by atoms with van der Waals surface area (Å²) in [6.07, 6.45) is 2.86.